The van der Waals surface area contributed by atoms with Crippen LogP contribution in [0, 0.1) is 17.5 Å². The first kappa shape index (κ1) is 22.9. The van der Waals surface area contributed by atoms with E-state index in [2.05, 4.69) is 36.6 Å². The van der Waals surface area contributed by atoms with E-state index in [9.17, 15) is 15.1 Å². The van der Waals surface area contributed by atoms with E-state index >= 15 is 0 Å². The van der Waals surface area contributed by atoms with Crippen LogP contribution in [0.4, 0.5) is 17.3 Å². The number of thiophene rings is 1. The number of likely N-dealkylation sites (tertiary alicyclic amines) is 1. The van der Waals surface area contributed by atoms with Gasteiger partial charge in [-0.1, -0.05) is 31.7 Å². The highest BCUT2D eigenvalue weighted by Gasteiger charge is 2.34. The Kier molecular flexibility index (Phi) is 6.20. The predicted octanol–water partition coefficient (Wildman–Crippen LogP) is 4.56. The molecule has 10 heteroatoms. The molecule has 1 amide bonds. The fourth-order valence-electron chi connectivity index (χ4n) is 3.95. The van der Waals surface area contributed by atoms with Crippen molar-refractivity contribution in [2.75, 3.05) is 23.7 Å². The first-order chi connectivity index (χ1) is 15.6. The first-order valence-corrected chi connectivity index (χ1v) is 11.8. The highest BCUT2D eigenvalue weighted by Crippen LogP contribution is 2.40. The van der Waals surface area contributed by atoms with Crippen LogP contribution in [-0.2, 0) is 0 Å². The van der Waals surface area contributed by atoms with Crippen LogP contribution in [0.25, 0.3) is 0 Å². The van der Waals surface area contributed by atoms with Crippen molar-refractivity contribution in [2.45, 2.75) is 46.6 Å². The molecule has 1 fully saturated rings. The number of phenols is 1. The number of para-hydroxylation sites is 1. The maximum absolute atomic E-state index is 12.8. The van der Waals surface area contributed by atoms with Gasteiger partial charge in [-0.25, -0.2) is 0 Å². The smallest absolute Gasteiger partial charge is 0.320 e. The summed E-state index contributed by atoms with van der Waals surface area (Å²) in [6, 6.07) is 8.78. The van der Waals surface area contributed by atoms with E-state index in [-0.39, 0.29) is 46.0 Å². The largest absolute Gasteiger partial charge is 0.505 e. The third-order valence-electron chi connectivity index (χ3n) is 5.72. The summed E-state index contributed by atoms with van der Waals surface area (Å²) in [6.07, 6.45) is 1.92. The van der Waals surface area contributed by atoms with Crippen molar-refractivity contribution in [1.82, 2.24) is 10.1 Å². The number of anilines is 3. The number of hydrogen-bond acceptors (Lipinski definition) is 8. The number of hydrogen-bond donors (Lipinski definition) is 3. The first-order valence-electron chi connectivity index (χ1n) is 11.0. The number of amides is 1. The second-order valence-corrected chi connectivity index (χ2v) is 10.7. The molecule has 1 aliphatic rings. The van der Waals surface area contributed by atoms with Gasteiger partial charge in [-0.3, -0.25) is 10.1 Å². The van der Waals surface area contributed by atoms with Crippen molar-refractivity contribution in [3.63, 3.8) is 0 Å². The highest BCUT2D eigenvalue weighted by atomic mass is 32.1. The molecule has 1 aromatic carbocycles. The molecule has 1 saturated heterocycles. The molecule has 9 nitrogen and oxygen atoms in total. The van der Waals surface area contributed by atoms with Crippen molar-refractivity contribution >= 4 is 34.6 Å². The van der Waals surface area contributed by atoms with Gasteiger partial charge in [-0.05, 0) is 49.2 Å². The number of carbonyl (C=O) groups excluding carboxylic acids is 1. The molecule has 1 atom stereocenters. The van der Waals surface area contributed by atoms with Crippen LogP contribution in [0.5, 0.6) is 5.75 Å². The highest BCUT2D eigenvalue weighted by molar-refractivity contribution is 7.12. The maximum atomic E-state index is 12.8. The lowest BCUT2D eigenvalue weighted by Crippen LogP contribution is -2.33. The Morgan fingerprint density at radius 2 is 2.00 bits per heavy atom. The lowest BCUT2D eigenvalue weighted by Gasteiger charge is -2.28. The van der Waals surface area contributed by atoms with E-state index in [4.69, 9.17) is 4.63 Å². The molecule has 0 bridgehead atoms. The van der Waals surface area contributed by atoms with Crippen LogP contribution in [0.1, 0.15) is 59.8 Å². The Balaban J connectivity index is 1.62. The molecular formula is C23H29N5O4S. The normalized spacial score (nSPS) is 15.0. The number of phenolic OH excluding ortho intramolecular Hbond substituents is 1. The lowest BCUT2D eigenvalue weighted by molar-refractivity contribution is -0.791. The number of carbonyl (C=O) groups is 1. The third-order valence-corrected chi connectivity index (χ3v) is 6.78. The number of aromatic hydroxyl groups is 1. The van der Waals surface area contributed by atoms with Crippen molar-refractivity contribution in [2.24, 2.45) is 5.41 Å². The molecule has 3 aromatic rings. The number of nitrogens with one attached hydrogen (secondary N) is 2. The third kappa shape index (κ3) is 4.75. The summed E-state index contributed by atoms with van der Waals surface area (Å²) in [5.41, 5.74) is 0.246. The Bertz CT molecular complexity index is 1140. The Labute approximate surface area is 196 Å². The van der Waals surface area contributed by atoms with Gasteiger partial charge in [0, 0.05) is 28.3 Å². The zero-order valence-electron chi connectivity index (χ0n) is 19.2. The van der Waals surface area contributed by atoms with Crippen molar-refractivity contribution in [3.05, 3.63) is 50.9 Å². The number of aromatic nitrogens is 2. The zero-order valence-corrected chi connectivity index (χ0v) is 20.0. The minimum atomic E-state index is -0.219. The van der Waals surface area contributed by atoms with E-state index in [0.29, 0.717) is 18.0 Å². The van der Waals surface area contributed by atoms with Gasteiger partial charge in [-0.2, -0.15) is 0 Å². The van der Waals surface area contributed by atoms with Crippen molar-refractivity contribution in [3.8, 4) is 5.75 Å². The molecule has 3 heterocycles. The molecule has 176 valence electrons. The summed E-state index contributed by atoms with van der Waals surface area (Å²) in [6.45, 7) is 9.63. The minimum Gasteiger partial charge on any atom is -0.505 e. The van der Waals surface area contributed by atoms with Crippen LogP contribution < -0.4 is 15.5 Å². The van der Waals surface area contributed by atoms with E-state index in [1.807, 2.05) is 19.1 Å². The van der Waals surface area contributed by atoms with Gasteiger partial charge in [0.2, 0.25) is 0 Å². The van der Waals surface area contributed by atoms with Gasteiger partial charge in [0.25, 0.3) is 5.91 Å². The molecule has 0 spiro atoms. The average Bonchev–Trinajstić information content (AvgIpc) is 3.49. The Hall–Kier alpha value is -3.27. The molecule has 2 aromatic heterocycles. The van der Waals surface area contributed by atoms with Crippen LogP contribution in [0.15, 0.2) is 35.0 Å². The van der Waals surface area contributed by atoms with Gasteiger partial charge in [0.05, 0.1) is 11.3 Å². The van der Waals surface area contributed by atoms with E-state index < -0.39 is 0 Å². The van der Waals surface area contributed by atoms with E-state index in [1.165, 1.54) is 4.88 Å². The summed E-state index contributed by atoms with van der Waals surface area (Å²) in [7, 11) is 0. The fraction of sp³-hybridized carbons (Fsp3) is 0.435. The van der Waals surface area contributed by atoms with Crippen LogP contribution >= 0.6 is 11.3 Å². The monoisotopic (exact) mass is 471 g/mol. The lowest BCUT2D eigenvalue weighted by atomic mass is 9.86. The van der Waals surface area contributed by atoms with E-state index in [0.717, 1.165) is 17.7 Å². The van der Waals surface area contributed by atoms with Gasteiger partial charge in [-0.15, -0.1) is 11.3 Å². The topological polar surface area (TPSA) is 118 Å². The average molecular weight is 472 g/mol. The molecular weight excluding hydrogens is 442 g/mol. The zero-order chi connectivity index (χ0) is 23.8. The Morgan fingerprint density at radius 3 is 2.64 bits per heavy atom. The second-order valence-electron chi connectivity index (χ2n) is 9.35. The van der Waals surface area contributed by atoms with Gasteiger partial charge < -0.3 is 25.2 Å². The van der Waals surface area contributed by atoms with Crippen LogP contribution in [-0.4, -0.2) is 34.2 Å². The summed E-state index contributed by atoms with van der Waals surface area (Å²) in [5, 5.41) is 33.3. The van der Waals surface area contributed by atoms with E-state index in [1.54, 1.807) is 34.4 Å². The predicted molar refractivity (Wildman–Crippen MR) is 127 cm³/mol. The molecule has 33 heavy (non-hydrogen) atoms. The summed E-state index contributed by atoms with van der Waals surface area (Å²) >= 11 is 1.65. The number of benzene rings is 1. The van der Waals surface area contributed by atoms with Crippen molar-refractivity contribution < 1.29 is 19.4 Å². The van der Waals surface area contributed by atoms with Gasteiger partial charge >= 0.3 is 11.6 Å². The number of aryl methyl sites for hydroxylation is 1. The summed E-state index contributed by atoms with van der Waals surface area (Å²) in [4.78, 5) is 17.1. The maximum Gasteiger partial charge on any atom is 0.320 e. The second kappa shape index (κ2) is 8.93. The number of nitrogens with zero attached hydrogens (tertiary/aromatic N) is 3. The molecule has 4 rings (SSSR count). The molecule has 1 aliphatic heterocycles. The molecule has 0 radical (unpaired) electrons. The van der Waals surface area contributed by atoms with Gasteiger partial charge in [0.1, 0.15) is 6.04 Å². The molecule has 0 saturated carbocycles. The SMILES string of the molecule is Cc1ccc([C@H](Nc2c(Nc3cccc(C(=O)N4CCCC4)c3O)no[n+]2[O-])C(C)(C)C)s1. The van der Waals surface area contributed by atoms with Crippen LogP contribution in [0.2, 0.25) is 0 Å². The quantitative estimate of drug-likeness (QED) is 0.356. The summed E-state index contributed by atoms with van der Waals surface area (Å²) < 4.78 is 4.85. The van der Waals surface area contributed by atoms with Gasteiger partial charge in [0.15, 0.2) is 5.75 Å². The number of rotatable bonds is 6. The van der Waals surface area contributed by atoms with Crippen molar-refractivity contribution in [1.29, 1.82) is 0 Å². The standard InChI is InChI=1S/C23H29N5O4S/c1-14-10-11-17(33-14)19(23(2,3)4)25-21-20(26-32-28(21)31)24-16-9-7-8-15(18(16)29)22(30)27-12-5-6-13-27/h7-11,19,25,29H,5-6,12-13H2,1-4H3,(H,24,26)/t19-/m0/s1. The Morgan fingerprint density at radius 1 is 1.27 bits per heavy atom. The molecule has 3 N–H and O–H groups in total. The fourth-order valence-corrected chi connectivity index (χ4v) is 5.12. The summed E-state index contributed by atoms with van der Waals surface area (Å²) in [5.74, 6) is -0.195. The molecule has 0 aliphatic carbocycles. The van der Waals surface area contributed by atoms with Crippen LogP contribution in [0.3, 0.4) is 0 Å². The minimum absolute atomic E-state index is 0.0941. The molecule has 0 unspecified atom stereocenters.